The number of carbonyl (C=O) groups is 2. The van der Waals surface area contributed by atoms with E-state index in [2.05, 4.69) is 15.3 Å². The number of fused-ring (bicyclic) bond motifs is 1. The molecule has 0 aliphatic heterocycles. The summed E-state index contributed by atoms with van der Waals surface area (Å²) in [5, 5.41) is 8.61. The molecule has 1 amide bonds. The van der Waals surface area contributed by atoms with Crippen molar-refractivity contribution in [3.05, 3.63) is 63.4 Å². The summed E-state index contributed by atoms with van der Waals surface area (Å²) in [7, 11) is 1.32. The second-order valence-electron chi connectivity index (χ2n) is 6.56. The molecule has 0 saturated heterocycles. The van der Waals surface area contributed by atoms with Gasteiger partial charge in [-0.15, -0.1) is 11.3 Å². The smallest absolute Gasteiger partial charge is 0.328 e. The fourth-order valence-corrected chi connectivity index (χ4v) is 4.88. The number of methoxy groups -OCH3 is 1. The molecule has 1 atom stereocenters. The molecule has 4 aromatic rings. The zero-order valence-electron chi connectivity index (χ0n) is 15.9. The highest BCUT2D eigenvalue weighted by Crippen LogP contribution is 2.29. The predicted octanol–water partition coefficient (Wildman–Crippen LogP) is 4.18. The molecular formula is C21H19N3O3S2. The van der Waals surface area contributed by atoms with E-state index in [0.29, 0.717) is 17.0 Å². The average molecular weight is 426 g/mol. The van der Waals surface area contributed by atoms with Gasteiger partial charge >= 0.3 is 5.97 Å². The summed E-state index contributed by atoms with van der Waals surface area (Å²) in [4.78, 5) is 33.5. The molecule has 6 nitrogen and oxygen atoms in total. The molecule has 0 radical (unpaired) electrons. The van der Waals surface area contributed by atoms with Crippen molar-refractivity contribution < 1.29 is 14.3 Å². The number of nitrogens with one attached hydrogen (secondary N) is 2. The van der Waals surface area contributed by atoms with Crippen molar-refractivity contribution in [1.29, 1.82) is 0 Å². The van der Waals surface area contributed by atoms with Gasteiger partial charge in [-0.3, -0.25) is 4.79 Å². The molecule has 4 rings (SSSR count). The summed E-state index contributed by atoms with van der Waals surface area (Å²) in [6, 6.07) is 9.02. The summed E-state index contributed by atoms with van der Waals surface area (Å²) >= 11 is 2.90. The summed E-state index contributed by atoms with van der Waals surface area (Å²) in [6.07, 6.45) is 2.19. The Balaban J connectivity index is 1.57. The largest absolute Gasteiger partial charge is 0.467 e. The van der Waals surface area contributed by atoms with Crippen LogP contribution in [0, 0.1) is 6.92 Å². The van der Waals surface area contributed by atoms with Gasteiger partial charge in [0.2, 0.25) is 0 Å². The summed E-state index contributed by atoms with van der Waals surface area (Å²) in [5.41, 5.74) is 3.56. The molecule has 8 heteroatoms. The van der Waals surface area contributed by atoms with E-state index in [0.717, 1.165) is 27.0 Å². The molecule has 29 heavy (non-hydrogen) atoms. The predicted molar refractivity (Wildman–Crippen MR) is 115 cm³/mol. The Morgan fingerprint density at radius 1 is 1.28 bits per heavy atom. The number of hydrogen-bond acceptors (Lipinski definition) is 6. The lowest BCUT2D eigenvalue weighted by molar-refractivity contribution is -0.142. The molecule has 0 fully saturated rings. The number of aromatic amines is 1. The number of H-pyrrole nitrogens is 1. The third-order valence-corrected chi connectivity index (χ3v) is 6.55. The zero-order valence-corrected chi connectivity index (χ0v) is 17.5. The van der Waals surface area contributed by atoms with Gasteiger partial charge in [0, 0.05) is 34.5 Å². The molecule has 3 aromatic heterocycles. The van der Waals surface area contributed by atoms with E-state index in [4.69, 9.17) is 4.74 Å². The maximum atomic E-state index is 12.9. The Labute approximate surface area is 175 Å². The minimum absolute atomic E-state index is 0.322. The Morgan fingerprint density at radius 2 is 2.10 bits per heavy atom. The second kappa shape index (κ2) is 8.18. The Bertz CT molecular complexity index is 1160. The lowest BCUT2D eigenvalue weighted by atomic mass is 10.0. The highest BCUT2D eigenvalue weighted by atomic mass is 32.1. The SMILES string of the molecule is COC(=O)C(Cc1c[nH]c2ccccc12)NC(=O)c1sc(-c2ccsc2)nc1C. The number of amides is 1. The standard InChI is InChI=1S/C21H19N3O3S2/c1-12-18(29-20(23-12)13-7-8-28-11-13)19(25)24-17(21(26)27-2)9-14-10-22-16-6-4-3-5-15(14)16/h3-8,10-11,17,22H,9H2,1-2H3,(H,24,25). The van der Waals surface area contributed by atoms with Crippen LogP contribution in [0.4, 0.5) is 0 Å². The number of rotatable bonds is 6. The molecule has 0 aliphatic rings. The maximum absolute atomic E-state index is 12.9. The normalized spacial score (nSPS) is 12.1. The number of hydrogen-bond donors (Lipinski definition) is 2. The summed E-state index contributed by atoms with van der Waals surface area (Å²) in [5.74, 6) is -0.805. The van der Waals surface area contributed by atoms with Crippen molar-refractivity contribution >= 4 is 45.5 Å². The number of nitrogens with zero attached hydrogens (tertiary/aromatic N) is 1. The third-order valence-electron chi connectivity index (χ3n) is 4.66. The molecule has 1 aromatic carbocycles. The molecule has 0 bridgehead atoms. The van der Waals surface area contributed by atoms with E-state index in [1.54, 1.807) is 18.3 Å². The summed E-state index contributed by atoms with van der Waals surface area (Å²) in [6.45, 7) is 1.80. The van der Waals surface area contributed by atoms with Crippen molar-refractivity contribution in [2.75, 3.05) is 7.11 Å². The fourth-order valence-electron chi connectivity index (χ4n) is 3.20. The first kappa shape index (κ1) is 19.4. The quantitative estimate of drug-likeness (QED) is 0.454. The monoisotopic (exact) mass is 425 g/mol. The lowest BCUT2D eigenvalue weighted by Crippen LogP contribution is -2.43. The molecule has 0 saturated carbocycles. The van der Waals surface area contributed by atoms with Gasteiger partial charge in [-0.25, -0.2) is 9.78 Å². The van der Waals surface area contributed by atoms with E-state index in [9.17, 15) is 9.59 Å². The van der Waals surface area contributed by atoms with Gasteiger partial charge in [0.1, 0.15) is 15.9 Å². The highest BCUT2D eigenvalue weighted by Gasteiger charge is 2.26. The van der Waals surface area contributed by atoms with E-state index in [1.165, 1.54) is 18.4 Å². The van der Waals surface area contributed by atoms with Crippen LogP contribution < -0.4 is 5.32 Å². The Hall–Kier alpha value is -2.97. The molecule has 2 N–H and O–H groups in total. The third kappa shape index (κ3) is 3.94. The minimum Gasteiger partial charge on any atom is -0.467 e. The number of benzene rings is 1. The minimum atomic E-state index is -0.794. The number of thiazole rings is 1. The average Bonchev–Trinajstić information content (AvgIpc) is 3.46. The van der Waals surface area contributed by atoms with E-state index in [1.807, 2.05) is 47.3 Å². The van der Waals surface area contributed by atoms with Gasteiger partial charge in [-0.2, -0.15) is 11.3 Å². The summed E-state index contributed by atoms with van der Waals surface area (Å²) < 4.78 is 4.93. The van der Waals surface area contributed by atoms with Gasteiger partial charge < -0.3 is 15.0 Å². The van der Waals surface area contributed by atoms with Crippen LogP contribution in [0.3, 0.4) is 0 Å². The van der Waals surface area contributed by atoms with Crippen LogP contribution >= 0.6 is 22.7 Å². The molecule has 1 unspecified atom stereocenters. The number of ether oxygens (including phenoxy) is 1. The first-order valence-electron chi connectivity index (χ1n) is 9.00. The zero-order chi connectivity index (χ0) is 20.4. The van der Waals surface area contributed by atoms with Gasteiger partial charge in [0.15, 0.2) is 0 Å². The van der Waals surface area contributed by atoms with E-state index >= 15 is 0 Å². The number of thiophene rings is 1. The first-order chi connectivity index (χ1) is 14.1. The highest BCUT2D eigenvalue weighted by molar-refractivity contribution is 7.17. The number of carbonyl (C=O) groups excluding carboxylic acids is 2. The topological polar surface area (TPSA) is 84.1 Å². The van der Waals surface area contributed by atoms with Gasteiger partial charge in [-0.1, -0.05) is 18.2 Å². The van der Waals surface area contributed by atoms with Crippen LogP contribution in [0.25, 0.3) is 21.5 Å². The second-order valence-corrected chi connectivity index (χ2v) is 8.34. The van der Waals surface area contributed by atoms with E-state index < -0.39 is 12.0 Å². The number of aryl methyl sites for hydroxylation is 1. The van der Waals surface area contributed by atoms with Crippen LogP contribution in [0.5, 0.6) is 0 Å². The number of esters is 1. The first-order valence-corrected chi connectivity index (χ1v) is 10.8. The number of aromatic nitrogens is 2. The van der Waals surface area contributed by atoms with Crippen molar-refractivity contribution in [2.45, 2.75) is 19.4 Å². The van der Waals surface area contributed by atoms with E-state index in [-0.39, 0.29) is 5.91 Å². The fraction of sp³-hybridized carbons (Fsp3) is 0.190. The van der Waals surface area contributed by atoms with Crippen molar-refractivity contribution in [2.24, 2.45) is 0 Å². The molecule has 148 valence electrons. The van der Waals surface area contributed by atoms with Gasteiger partial charge in [0.05, 0.1) is 12.8 Å². The van der Waals surface area contributed by atoms with Gasteiger partial charge in [0.25, 0.3) is 5.91 Å². The van der Waals surface area contributed by atoms with Crippen LogP contribution in [0.15, 0.2) is 47.3 Å². The lowest BCUT2D eigenvalue weighted by Gasteiger charge is -2.16. The van der Waals surface area contributed by atoms with Crippen molar-refractivity contribution in [1.82, 2.24) is 15.3 Å². The molecule has 0 spiro atoms. The maximum Gasteiger partial charge on any atom is 0.328 e. The van der Waals surface area contributed by atoms with Crippen molar-refractivity contribution in [3.8, 4) is 10.6 Å². The van der Waals surface area contributed by atoms with Crippen LogP contribution in [-0.4, -0.2) is 35.0 Å². The van der Waals surface area contributed by atoms with Crippen LogP contribution in [0.2, 0.25) is 0 Å². The Kier molecular flexibility index (Phi) is 5.46. The molecule has 3 heterocycles. The number of para-hydroxylation sites is 1. The van der Waals surface area contributed by atoms with Crippen molar-refractivity contribution in [3.63, 3.8) is 0 Å². The molecule has 0 aliphatic carbocycles. The van der Waals surface area contributed by atoms with Crippen LogP contribution in [-0.2, 0) is 16.0 Å². The Morgan fingerprint density at radius 3 is 2.86 bits per heavy atom. The van der Waals surface area contributed by atoms with Crippen LogP contribution in [0.1, 0.15) is 20.9 Å². The molecular weight excluding hydrogens is 406 g/mol. The van der Waals surface area contributed by atoms with Gasteiger partial charge in [-0.05, 0) is 30.0 Å².